The highest BCUT2D eigenvalue weighted by atomic mass is 35.5. The predicted molar refractivity (Wildman–Crippen MR) is 75.3 cm³/mol. The van der Waals surface area contributed by atoms with Gasteiger partial charge in [0.05, 0.1) is 5.02 Å². The first-order valence-corrected chi connectivity index (χ1v) is 6.87. The van der Waals surface area contributed by atoms with Crippen LogP contribution < -0.4 is 15.8 Å². The van der Waals surface area contributed by atoms with Gasteiger partial charge < -0.3 is 15.8 Å². The lowest BCUT2D eigenvalue weighted by Crippen LogP contribution is -2.37. The third-order valence-electron chi connectivity index (χ3n) is 3.08. The number of carbonyl (C=O) groups is 1. The molecule has 1 aliphatic rings. The van der Waals surface area contributed by atoms with Crippen molar-refractivity contribution in [2.45, 2.75) is 44.9 Å². The lowest BCUT2D eigenvalue weighted by atomic mass is 10.1. The zero-order valence-electron chi connectivity index (χ0n) is 11.2. The van der Waals surface area contributed by atoms with E-state index in [-0.39, 0.29) is 11.9 Å². The van der Waals surface area contributed by atoms with Crippen LogP contribution >= 0.6 is 11.6 Å². The Hall–Kier alpha value is -1.26. The third-order valence-corrected chi connectivity index (χ3v) is 3.37. The van der Waals surface area contributed by atoms with Crippen LogP contribution in [0.1, 0.15) is 38.3 Å². The van der Waals surface area contributed by atoms with E-state index >= 15 is 0 Å². The molecule has 0 bridgehead atoms. The highest BCUT2D eigenvalue weighted by molar-refractivity contribution is 6.32. The molecule has 3 N–H and O–H groups in total. The lowest BCUT2D eigenvalue weighted by Gasteiger charge is -2.16. The van der Waals surface area contributed by atoms with Crippen LogP contribution in [0, 0.1) is 0 Å². The summed E-state index contributed by atoms with van der Waals surface area (Å²) < 4.78 is 5.59. The molecular weight excluding hydrogens is 264 g/mol. The number of amides is 1. The van der Waals surface area contributed by atoms with Crippen molar-refractivity contribution in [1.29, 1.82) is 0 Å². The molecule has 2 atom stereocenters. The second-order valence-corrected chi connectivity index (χ2v) is 5.43. The molecule has 0 saturated heterocycles. The van der Waals surface area contributed by atoms with E-state index in [0.717, 1.165) is 18.4 Å². The fourth-order valence-electron chi connectivity index (χ4n) is 1.69. The standard InChI is InChI=1S/C14H19ClN2O2/c1-8(16)10-3-6-13(12(15)7-10)19-9(2)14(18)17-11-4-5-11/h3,6-9,11H,4-5,16H2,1-2H3,(H,17,18)/t8-,9?/m1/s1. The predicted octanol–water partition coefficient (Wildman–Crippen LogP) is 2.41. The van der Waals surface area contributed by atoms with Gasteiger partial charge in [-0.25, -0.2) is 0 Å². The lowest BCUT2D eigenvalue weighted by molar-refractivity contribution is -0.127. The molecule has 104 valence electrons. The van der Waals surface area contributed by atoms with E-state index in [4.69, 9.17) is 22.1 Å². The molecule has 4 nitrogen and oxygen atoms in total. The van der Waals surface area contributed by atoms with E-state index in [2.05, 4.69) is 5.32 Å². The quantitative estimate of drug-likeness (QED) is 0.872. The van der Waals surface area contributed by atoms with Crippen molar-refractivity contribution >= 4 is 17.5 Å². The van der Waals surface area contributed by atoms with E-state index in [1.807, 2.05) is 13.0 Å². The summed E-state index contributed by atoms with van der Waals surface area (Å²) in [6, 6.07) is 5.63. The average molecular weight is 283 g/mol. The SMILES string of the molecule is CC(Oc1ccc([C@@H](C)N)cc1Cl)C(=O)NC1CC1. The normalized spacial score (nSPS) is 17.7. The van der Waals surface area contributed by atoms with Gasteiger partial charge in [-0.2, -0.15) is 0 Å². The van der Waals surface area contributed by atoms with E-state index < -0.39 is 6.10 Å². The summed E-state index contributed by atoms with van der Waals surface area (Å²) in [7, 11) is 0. The Balaban J connectivity index is 1.99. The molecule has 1 aromatic carbocycles. The molecule has 0 radical (unpaired) electrons. The smallest absolute Gasteiger partial charge is 0.260 e. The van der Waals surface area contributed by atoms with Crippen molar-refractivity contribution in [3.8, 4) is 5.75 Å². The number of hydrogen-bond acceptors (Lipinski definition) is 3. The molecule has 1 aliphatic carbocycles. The second kappa shape index (κ2) is 5.80. The Kier molecular flexibility index (Phi) is 4.32. The van der Waals surface area contributed by atoms with Gasteiger partial charge in [0.15, 0.2) is 6.10 Å². The van der Waals surface area contributed by atoms with Crippen molar-refractivity contribution in [1.82, 2.24) is 5.32 Å². The Morgan fingerprint density at radius 1 is 1.47 bits per heavy atom. The van der Waals surface area contributed by atoms with Gasteiger partial charge in [-0.3, -0.25) is 4.79 Å². The summed E-state index contributed by atoms with van der Waals surface area (Å²) in [6.45, 7) is 3.60. The summed E-state index contributed by atoms with van der Waals surface area (Å²) in [5.74, 6) is 0.402. The molecule has 1 fully saturated rings. The van der Waals surface area contributed by atoms with Crippen LogP contribution in [0.2, 0.25) is 5.02 Å². The average Bonchev–Trinajstić information content (AvgIpc) is 3.15. The zero-order valence-corrected chi connectivity index (χ0v) is 11.9. The minimum Gasteiger partial charge on any atom is -0.479 e. The van der Waals surface area contributed by atoms with E-state index in [1.165, 1.54) is 0 Å². The summed E-state index contributed by atoms with van der Waals surface area (Å²) in [5, 5.41) is 3.37. The number of halogens is 1. The molecule has 19 heavy (non-hydrogen) atoms. The maximum absolute atomic E-state index is 11.8. The van der Waals surface area contributed by atoms with Gasteiger partial charge in [0.25, 0.3) is 5.91 Å². The Morgan fingerprint density at radius 3 is 2.68 bits per heavy atom. The van der Waals surface area contributed by atoms with E-state index in [1.54, 1.807) is 19.1 Å². The molecule has 5 heteroatoms. The molecule has 1 unspecified atom stereocenters. The maximum Gasteiger partial charge on any atom is 0.260 e. The fourth-order valence-corrected chi connectivity index (χ4v) is 1.92. The van der Waals surface area contributed by atoms with Gasteiger partial charge in [0, 0.05) is 12.1 Å². The largest absolute Gasteiger partial charge is 0.479 e. The van der Waals surface area contributed by atoms with Gasteiger partial charge >= 0.3 is 0 Å². The number of rotatable bonds is 5. The number of carbonyl (C=O) groups excluding carboxylic acids is 1. The number of hydrogen-bond donors (Lipinski definition) is 2. The summed E-state index contributed by atoms with van der Waals surface area (Å²) in [5.41, 5.74) is 6.72. The van der Waals surface area contributed by atoms with Crippen molar-refractivity contribution in [2.24, 2.45) is 5.73 Å². The van der Waals surface area contributed by atoms with E-state index in [0.29, 0.717) is 16.8 Å². The van der Waals surface area contributed by atoms with Crippen LogP contribution in [0.25, 0.3) is 0 Å². The first-order valence-electron chi connectivity index (χ1n) is 6.49. The number of nitrogens with two attached hydrogens (primary N) is 1. The number of benzene rings is 1. The molecule has 1 aromatic rings. The monoisotopic (exact) mass is 282 g/mol. The van der Waals surface area contributed by atoms with Crippen molar-refractivity contribution in [3.05, 3.63) is 28.8 Å². The van der Waals surface area contributed by atoms with Crippen LogP contribution in [-0.2, 0) is 4.79 Å². The van der Waals surface area contributed by atoms with Crippen LogP contribution in [0.4, 0.5) is 0 Å². The van der Waals surface area contributed by atoms with Crippen LogP contribution in [0.15, 0.2) is 18.2 Å². The maximum atomic E-state index is 11.8. The fraction of sp³-hybridized carbons (Fsp3) is 0.500. The zero-order chi connectivity index (χ0) is 14.0. The molecule has 0 spiro atoms. The number of ether oxygens (including phenoxy) is 1. The minimum atomic E-state index is -0.556. The van der Waals surface area contributed by atoms with Gasteiger partial charge in [0.2, 0.25) is 0 Å². The van der Waals surface area contributed by atoms with Gasteiger partial charge in [-0.05, 0) is 44.4 Å². The Labute approximate surface area is 118 Å². The molecular formula is C14H19ClN2O2. The van der Waals surface area contributed by atoms with Gasteiger partial charge in [0.1, 0.15) is 5.75 Å². The molecule has 2 rings (SSSR count). The topological polar surface area (TPSA) is 64.3 Å². The first kappa shape index (κ1) is 14.2. The van der Waals surface area contributed by atoms with Crippen molar-refractivity contribution < 1.29 is 9.53 Å². The Bertz CT molecular complexity index is 473. The van der Waals surface area contributed by atoms with E-state index in [9.17, 15) is 4.79 Å². The highest BCUT2D eigenvalue weighted by Crippen LogP contribution is 2.28. The Morgan fingerprint density at radius 2 is 2.16 bits per heavy atom. The molecule has 0 aliphatic heterocycles. The number of nitrogens with one attached hydrogen (secondary N) is 1. The molecule has 0 heterocycles. The highest BCUT2D eigenvalue weighted by Gasteiger charge is 2.26. The minimum absolute atomic E-state index is 0.0814. The summed E-state index contributed by atoms with van der Waals surface area (Å²) in [4.78, 5) is 11.8. The van der Waals surface area contributed by atoms with Gasteiger partial charge in [-0.1, -0.05) is 17.7 Å². The first-order chi connectivity index (χ1) is 8.97. The van der Waals surface area contributed by atoms with Crippen LogP contribution in [-0.4, -0.2) is 18.1 Å². The molecule has 1 amide bonds. The van der Waals surface area contributed by atoms with Crippen LogP contribution in [0.3, 0.4) is 0 Å². The third kappa shape index (κ3) is 3.85. The van der Waals surface area contributed by atoms with Gasteiger partial charge in [-0.15, -0.1) is 0 Å². The molecule has 0 aromatic heterocycles. The van der Waals surface area contributed by atoms with Crippen molar-refractivity contribution in [2.75, 3.05) is 0 Å². The van der Waals surface area contributed by atoms with Crippen LogP contribution in [0.5, 0.6) is 5.75 Å². The van der Waals surface area contributed by atoms with Crippen molar-refractivity contribution in [3.63, 3.8) is 0 Å². The molecule has 1 saturated carbocycles. The summed E-state index contributed by atoms with van der Waals surface area (Å²) >= 11 is 6.13. The summed E-state index contributed by atoms with van der Waals surface area (Å²) in [6.07, 6.45) is 1.56. The second-order valence-electron chi connectivity index (χ2n) is 5.02.